The summed E-state index contributed by atoms with van der Waals surface area (Å²) in [7, 11) is 0. The van der Waals surface area contributed by atoms with Crippen LogP contribution in [-0.2, 0) is 20.9 Å². The fraction of sp³-hybridized carbons (Fsp3) is 0.400. The average Bonchev–Trinajstić information content (AvgIpc) is 2.89. The van der Waals surface area contributed by atoms with Crippen LogP contribution in [0.2, 0.25) is 0 Å². The van der Waals surface area contributed by atoms with Gasteiger partial charge in [-0.05, 0) is 37.5 Å². The summed E-state index contributed by atoms with van der Waals surface area (Å²) in [5.74, 6) is -1.29. The molecule has 0 aromatic carbocycles. The van der Waals surface area contributed by atoms with Gasteiger partial charge in [0.1, 0.15) is 11.6 Å². The Bertz CT molecular complexity index is 828. The number of aryl methyl sites for hydroxylation is 1. The zero-order valence-electron chi connectivity index (χ0n) is 16.7. The Hall–Kier alpha value is -3.34. The Kier molecular flexibility index (Phi) is 8.69. The monoisotopic (exact) mass is 386 g/mol. The van der Waals surface area contributed by atoms with Crippen molar-refractivity contribution in [3.8, 4) is 6.07 Å². The molecule has 0 saturated heterocycles. The van der Waals surface area contributed by atoms with Crippen molar-refractivity contribution < 1.29 is 19.1 Å². The van der Waals surface area contributed by atoms with Crippen LogP contribution in [0.4, 0.5) is 4.79 Å². The van der Waals surface area contributed by atoms with Crippen LogP contribution in [0.25, 0.3) is 6.08 Å². The molecule has 1 aromatic rings. The fourth-order valence-electron chi connectivity index (χ4n) is 2.49. The molecule has 0 radical (unpaired) electrons. The predicted octanol–water partition coefficient (Wildman–Crippen LogP) is 2.22. The van der Waals surface area contributed by atoms with Crippen molar-refractivity contribution in [2.75, 3.05) is 13.2 Å². The van der Waals surface area contributed by atoms with E-state index >= 15 is 0 Å². The lowest BCUT2D eigenvalue weighted by Gasteiger charge is -2.12. The highest BCUT2D eigenvalue weighted by Gasteiger charge is 2.16. The maximum atomic E-state index is 12.1. The number of amides is 3. The minimum Gasteiger partial charge on any atom is -0.451 e. The van der Waals surface area contributed by atoms with Crippen molar-refractivity contribution in [3.63, 3.8) is 0 Å². The highest BCUT2D eigenvalue weighted by molar-refractivity contribution is 6.00. The molecule has 0 aliphatic rings. The Balaban J connectivity index is 2.79. The molecule has 0 saturated carbocycles. The van der Waals surface area contributed by atoms with Crippen molar-refractivity contribution in [1.82, 2.24) is 15.2 Å². The number of urea groups is 1. The van der Waals surface area contributed by atoms with Crippen molar-refractivity contribution in [3.05, 3.63) is 41.2 Å². The summed E-state index contributed by atoms with van der Waals surface area (Å²) >= 11 is 0. The molecular formula is C20H26N4O4. The Morgan fingerprint density at radius 3 is 2.61 bits per heavy atom. The summed E-state index contributed by atoms with van der Waals surface area (Å²) in [4.78, 5) is 35.1. The normalized spacial score (nSPS) is 10.9. The Morgan fingerprint density at radius 2 is 2.04 bits per heavy atom. The van der Waals surface area contributed by atoms with Crippen LogP contribution in [-0.4, -0.2) is 35.6 Å². The molecule has 2 N–H and O–H groups in total. The Morgan fingerprint density at radius 1 is 1.36 bits per heavy atom. The molecule has 1 aromatic heterocycles. The largest absolute Gasteiger partial charge is 0.451 e. The number of rotatable bonds is 8. The van der Waals surface area contributed by atoms with Crippen molar-refractivity contribution >= 4 is 24.0 Å². The van der Waals surface area contributed by atoms with E-state index in [0.717, 1.165) is 23.5 Å². The number of carbonyl (C=O) groups is 3. The van der Waals surface area contributed by atoms with Crippen molar-refractivity contribution in [2.45, 2.75) is 34.2 Å². The lowest BCUT2D eigenvalue weighted by Crippen LogP contribution is -2.41. The first-order chi connectivity index (χ1) is 13.2. The molecule has 0 spiro atoms. The third-order valence-corrected chi connectivity index (χ3v) is 3.79. The number of nitrogens with zero attached hydrogens (tertiary/aromatic N) is 2. The summed E-state index contributed by atoms with van der Waals surface area (Å²) < 4.78 is 6.94. The van der Waals surface area contributed by atoms with E-state index in [1.807, 2.05) is 25.2 Å². The molecule has 28 heavy (non-hydrogen) atoms. The number of nitrogens with one attached hydrogen (secondary N) is 2. The first-order valence-corrected chi connectivity index (χ1v) is 8.83. The molecule has 1 rings (SSSR count). The summed E-state index contributed by atoms with van der Waals surface area (Å²) in [5, 5.41) is 13.6. The first kappa shape index (κ1) is 22.7. The van der Waals surface area contributed by atoms with E-state index in [4.69, 9.17) is 4.74 Å². The number of aromatic nitrogens is 1. The molecule has 0 aliphatic carbocycles. The van der Waals surface area contributed by atoms with Crippen LogP contribution < -0.4 is 10.6 Å². The molecule has 0 bridgehead atoms. The highest BCUT2D eigenvalue weighted by atomic mass is 16.5. The number of carbonyl (C=O) groups excluding carboxylic acids is 3. The van der Waals surface area contributed by atoms with E-state index in [1.165, 1.54) is 12.2 Å². The van der Waals surface area contributed by atoms with E-state index in [2.05, 4.69) is 30.3 Å². The quantitative estimate of drug-likeness (QED) is 0.308. The molecule has 8 nitrogen and oxygen atoms in total. The standard InChI is InChI=1S/C20H26N4O4/c1-6-7-22-20(27)23-18(25)12-28-19(26)17(10-21)9-16-8-14(4)24(15(16)5)11-13(2)3/h6,8-9,13H,1,7,11-12H2,2-5H3,(H2,22,23,25,27)/b17-9+. The predicted molar refractivity (Wildman–Crippen MR) is 105 cm³/mol. The second-order valence-corrected chi connectivity index (χ2v) is 6.62. The van der Waals surface area contributed by atoms with Gasteiger partial charge in [-0.3, -0.25) is 10.1 Å². The van der Waals surface area contributed by atoms with Gasteiger partial charge in [-0.2, -0.15) is 5.26 Å². The zero-order valence-corrected chi connectivity index (χ0v) is 16.7. The van der Waals surface area contributed by atoms with E-state index in [9.17, 15) is 19.6 Å². The maximum Gasteiger partial charge on any atom is 0.349 e. The second-order valence-electron chi connectivity index (χ2n) is 6.62. The van der Waals surface area contributed by atoms with E-state index in [-0.39, 0.29) is 12.1 Å². The van der Waals surface area contributed by atoms with Crippen LogP contribution in [0.1, 0.15) is 30.8 Å². The first-order valence-electron chi connectivity index (χ1n) is 8.83. The number of ether oxygens (including phenoxy) is 1. The zero-order chi connectivity index (χ0) is 21.3. The van der Waals surface area contributed by atoms with Gasteiger partial charge in [-0.1, -0.05) is 19.9 Å². The summed E-state index contributed by atoms with van der Waals surface area (Å²) in [5.41, 5.74) is 2.46. The van der Waals surface area contributed by atoms with Gasteiger partial charge in [0.05, 0.1) is 0 Å². The average molecular weight is 386 g/mol. The lowest BCUT2D eigenvalue weighted by molar-refractivity contribution is -0.144. The number of imide groups is 1. The van der Waals surface area contributed by atoms with Gasteiger partial charge in [0, 0.05) is 24.5 Å². The van der Waals surface area contributed by atoms with Gasteiger partial charge in [-0.25, -0.2) is 9.59 Å². The van der Waals surface area contributed by atoms with Crippen LogP contribution in [0.3, 0.4) is 0 Å². The molecule has 150 valence electrons. The van der Waals surface area contributed by atoms with Gasteiger partial charge >= 0.3 is 12.0 Å². The van der Waals surface area contributed by atoms with Crippen LogP contribution >= 0.6 is 0 Å². The summed E-state index contributed by atoms with van der Waals surface area (Å²) in [6.07, 6.45) is 2.89. The van der Waals surface area contributed by atoms with Gasteiger partial charge in [0.25, 0.3) is 5.91 Å². The van der Waals surface area contributed by atoms with Crippen LogP contribution in [0, 0.1) is 31.1 Å². The Labute approximate surface area is 164 Å². The molecule has 0 unspecified atom stereocenters. The topological polar surface area (TPSA) is 113 Å². The van der Waals surface area contributed by atoms with Gasteiger partial charge in [0.15, 0.2) is 6.61 Å². The molecule has 0 atom stereocenters. The van der Waals surface area contributed by atoms with Crippen molar-refractivity contribution in [2.24, 2.45) is 5.92 Å². The van der Waals surface area contributed by atoms with E-state index in [0.29, 0.717) is 5.92 Å². The molecular weight excluding hydrogens is 360 g/mol. The summed E-state index contributed by atoms with van der Waals surface area (Å²) in [6.45, 7) is 11.9. The third kappa shape index (κ3) is 6.76. The number of esters is 1. The van der Waals surface area contributed by atoms with Gasteiger partial charge in [0.2, 0.25) is 0 Å². The van der Waals surface area contributed by atoms with Crippen LogP contribution in [0.5, 0.6) is 0 Å². The SMILES string of the molecule is C=CCNC(=O)NC(=O)COC(=O)/C(C#N)=C/c1cc(C)n(CC(C)C)c1C. The fourth-order valence-corrected chi connectivity index (χ4v) is 2.49. The molecule has 3 amide bonds. The third-order valence-electron chi connectivity index (χ3n) is 3.79. The van der Waals surface area contributed by atoms with Crippen molar-refractivity contribution in [1.29, 1.82) is 5.26 Å². The highest BCUT2D eigenvalue weighted by Crippen LogP contribution is 2.20. The second kappa shape index (κ2) is 10.7. The summed E-state index contributed by atoms with van der Waals surface area (Å²) in [6, 6.07) is 2.96. The number of hydrogen-bond donors (Lipinski definition) is 2. The van der Waals surface area contributed by atoms with Gasteiger partial charge < -0.3 is 14.6 Å². The lowest BCUT2D eigenvalue weighted by atomic mass is 10.1. The van der Waals surface area contributed by atoms with Crippen LogP contribution in [0.15, 0.2) is 24.3 Å². The minimum atomic E-state index is -0.933. The smallest absolute Gasteiger partial charge is 0.349 e. The number of hydrogen-bond acceptors (Lipinski definition) is 5. The molecule has 0 aliphatic heterocycles. The molecule has 8 heteroatoms. The maximum absolute atomic E-state index is 12.1. The number of nitriles is 1. The molecule has 1 heterocycles. The van der Waals surface area contributed by atoms with E-state index in [1.54, 1.807) is 6.07 Å². The van der Waals surface area contributed by atoms with Gasteiger partial charge in [-0.15, -0.1) is 6.58 Å². The minimum absolute atomic E-state index is 0.190. The van der Waals surface area contributed by atoms with E-state index < -0.39 is 24.5 Å². The molecule has 0 fully saturated rings.